The van der Waals surface area contributed by atoms with Crippen molar-refractivity contribution in [3.8, 4) is 11.3 Å². The molecule has 0 radical (unpaired) electrons. The van der Waals surface area contributed by atoms with E-state index in [0.717, 1.165) is 18.2 Å². The van der Waals surface area contributed by atoms with Gasteiger partial charge in [0.1, 0.15) is 22.6 Å². The predicted molar refractivity (Wildman–Crippen MR) is 123 cm³/mol. The second-order valence-corrected chi connectivity index (χ2v) is 9.56. The van der Waals surface area contributed by atoms with Crippen LogP contribution in [-0.2, 0) is 21.5 Å². The van der Waals surface area contributed by atoms with Gasteiger partial charge < -0.3 is 24.5 Å². The summed E-state index contributed by atoms with van der Waals surface area (Å²) in [7, 11) is 1.60. The van der Waals surface area contributed by atoms with Crippen LogP contribution >= 0.6 is 0 Å². The number of nitrogens with one attached hydrogen (secondary N) is 1. The van der Waals surface area contributed by atoms with Crippen LogP contribution in [0.3, 0.4) is 0 Å². The second kappa shape index (κ2) is 8.51. The fourth-order valence-electron chi connectivity index (χ4n) is 4.87. The Bertz CT molecular complexity index is 1250. The Morgan fingerprint density at radius 1 is 1.24 bits per heavy atom. The van der Waals surface area contributed by atoms with Gasteiger partial charge in [-0.3, -0.25) is 0 Å². The number of aryl methyl sites for hydroxylation is 1. The van der Waals surface area contributed by atoms with E-state index in [4.69, 9.17) is 9.47 Å². The number of aliphatic hydroxyl groups is 1. The number of anilines is 1. The number of imidazole rings is 1. The first-order valence-electron chi connectivity index (χ1n) is 11.6. The summed E-state index contributed by atoms with van der Waals surface area (Å²) in [5.41, 5.74) is 1.38. The number of benzene rings is 1. The molecule has 8 nitrogen and oxygen atoms in total. The fourth-order valence-corrected chi connectivity index (χ4v) is 4.87. The Kier molecular flexibility index (Phi) is 5.78. The largest absolute Gasteiger partial charge is 0.389 e. The van der Waals surface area contributed by atoms with Crippen molar-refractivity contribution in [1.82, 2.24) is 19.5 Å². The molecule has 0 spiro atoms. The quantitative estimate of drug-likeness (QED) is 0.583. The summed E-state index contributed by atoms with van der Waals surface area (Å²) < 4.78 is 43.3. The summed E-state index contributed by atoms with van der Waals surface area (Å²) in [6.07, 6.45) is 2.34. The highest BCUT2D eigenvalue weighted by molar-refractivity contribution is 5.88. The topological polar surface area (TPSA) is 94.3 Å². The number of rotatable bonds is 5. The lowest BCUT2D eigenvalue weighted by molar-refractivity contribution is -0.0136. The molecule has 2 aliphatic rings. The SMILES string of the molecule is COC(C)(C)c1nc2c(F)cc(-c3nc(NC4CCOCC4O)ncc3F)c3c2n1C(C)CC3. The third kappa shape index (κ3) is 3.73. The van der Waals surface area contributed by atoms with Gasteiger partial charge >= 0.3 is 0 Å². The number of hydrogen-bond acceptors (Lipinski definition) is 7. The summed E-state index contributed by atoms with van der Waals surface area (Å²) in [6.45, 7) is 6.56. The van der Waals surface area contributed by atoms with Crippen LogP contribution in [0.15, 0.2) is 12.3 Å². The molecule has 3 unspecified atom stereocenters. The smallest absolute Gasteiger partial charge is 0.223 e. The minimum atomic E-state index is -0.726. The standard InChI is InChI=1S/C24H29F2N5O3/c1-12-5-6-13-14(9-15(25)20-21(13)31(12)22(29-20)24(2,3)33-4)19-16(26)10-27-23(30-19)28-17-7-8-34-11-18(17)32/h9-10,12,17-18,32H,5-8,11H2,1-4H3,(H,27,28,30). The van der Waals surface area contributed by atoms with Gasteiger partial charge in [-0.15, -0.1) is 0 Å². The van der Waals surface area contributed by atoms with Gasteiger partial charge in [-0.2, -0.15) is 0 Å². The fraction of sp³-hybridized carbons (Fsp3) is 0.542. The molecule has 4 heterocycles. The van der Waals surface area contributed by atoms with Crippen LogP contribution in [0.2, 0.25) is 0 Å². The van der Waals surface area contributed by atoms with Crippen LogP contribution in [0.1, 0.15) is 51.0 Å². The van der Waals surface area contributed by atoms with Crippen molar-refractivity contribution in [2.75, 3.05) is 25.6 Å². The summed E-state index contributed by atoms with van der Waals surface area (Å²) >= 11 is 0. The monoisotopic (exact) mass is 473 g/mol. The number of hydrogen-bond donors (Lipinski definition) is 2. The number of nitrogens with zero attached hydrogens (tertiary/aromatic N) is 4. The molecule has 0 aliphatic carbocycles. The van der Waals surface area contributed by atoms with Crippen molar-refractivity contribution < 1.29 is 23.4 Å². The van der Waals surface area contributed by atoms with Crippen LogP contribution in [0.5, 0.6) is 0 Å². The van der Waals surface area contributed by atoms with Crippen LogP contribution < -0.4 is 5.32 Å². The van der Waals surface area contributed by atoms with E-state index in [0.29, 0.717) is 36.4 Å². The highest BCUT2D eigenvalue weighted by Crippen LogP contribution is 2.42. The molecule has 182 valence electrons. The number of aromatic nitrogens is 4. The summed E-state index contributed by atoms with van der Waals surface area (Å²) in [4.78, 5) is 13.1. The third-order valence-electron chi connectivity index (χ3n) is 6.96. The maximum atomic E-state index is 15.4. The summed E-state index contributed by atoms with van der Waals surface area (Å²) in [5.74, 6) is -0.375. The number of halogens is 2. The minimum absolute atomic E-state index is 0.0182. The number of methoxy groups -OCH3 is 1. The summed E-state index contributed by atoms with van der Waals surface area (Å²) in [5, 5.41) is 13.2. The normalized spacial score (nSPS) is 22.9. The highest BCUT2D eigenvalue weighted by Gasteiger charge is 2.35. The van der Waals surface area contributed by atoms with E-state index >= 15 is 8.78 Å². The molecule has 2 N–H and O–H groups in total. The van der Waals surface area contributed by atoms with Gasteiger partial charge in [-0.05, 0) is 51.7 Å². The zero-order valence-corrected chi connectivity index (χ0v) is 19.7. The molecule has 1 aromatic carbocycles. The van der Waals surface area contributed by atoms with Crippen LogP contribution in [0.4, 0.5) is 14.7 Å². The molecule has 10 heteroatoms. The first-order chi connectivity index (χ1) is 16.2. The van der Waals surface area contributed by atoms with Crippen molar-refractivity contribution in [3.05, 3.63) is 35.3 Å². The lowest BCUT2D eigenvalue weighted by atomic mass is 9.93. The molecule has 5 rings (SSSR count). The molecule has 0 bridgehead atoms. The van der Waals surface area contributed by atoms with Crippen LogP contribution in [0, 0.1) is 11.6 Å². The first-order valence-corrected chi connectivity index (χ1v) is 11.6. The van der Waals surface area contributed by atoms with Gasteiger partial charge in [0.2, 0.25) is 5.95 Å². The van der Waals surface area contributed by atoms with Crippen molar-refractivity contribution in [2.45, 2.75) is 63.8 Å². The third-order valence-corrected chi connectivity index (χ3v) is 6.96. The van der Waals surface area contributed by atoms with Gasteiger partial charge in [0.15, 0.2) is 11.6 Å². The maximum Gasteiger partial charge on any atom is 0.223 e. The van der Waals surface area contributed by atoms with Gasteiger partial charge in [-0.1, -0.05) is 0 Å². The summed E-state index contributed by atoms with van der Waals surface area (Å²) in [6, 6.07) is 1.08. The van der Waals surface area contributed by atoms with E-state index in [-0.39, 0.29) is 35.8 Å². The van der Waals surface area contributed by atoms with Crippen molar-refractivity contribution in [2.24, 2.45) is 0 Å². The Labute approximate surface area is 196 Å². The second-order valence-electron chi connectivity index (χ2n) is 9.56. The molecule has 1 saturated heterocycles. The zero-order valence-electron chi connectivity index (χ0n) is 19.7. The van der Waals surface area contributed by atoms with E-state index in [1.807, 2.05) is 18.4 Å². The van der Waals surface area contributed by atoms with E-state index in [9.17, 15) is 5.11 Å². The molecule has 2 aromatic heterocycles. The highest BCUT2D eigenvalue weighted by atomic mass is 19.1. The van der Waals surface area contributed by atoms with Crippen molar-refractivity contribution >= 4 is 17.0 Å². The van der Waals surface area contributed by atoms with Crippen molar-refractivity contribution in [1.29, 1.82) is 0 Å². The molecule has 0 saturated carbocycles. The number of aliphatic hydroxyl groups excluding tert-OH is 1. The average Bonchev–Trinajstić information content (AvgIpc) is 3.24. The van der Waals surface area contributed by atoms with E-state index in [2.05, 4.69) is 27.2 Å². The van der Waals surface area contributed by atoms with E-state index in [1.165, 1.54) is 6.07 Å². The van der Waals surface area contributed by atoms with Crippen LogP contribution in [-0.4, -0.2) is 57.1 Å². The molecule has 34 heavy (non-hydrogen) atoms. The van der Waals surface area contributed by atoms with Gasteiger partial charge in [-0.25, -0.2) is 23.7 Å². The molecular weight excluding hydrogens is 444 g/mol. The zero-order chi connectivity index (χ0) is 24.2. The molecular formula is C24H29F2N5O3. The molecule has 2 aliphatic heterocycles. The van der Waals surface area contributed by atoms with Crippen molar-refractivity contribution in [3.63, 3.8) is 0 Å². The lowest BCUT2D eigenvalue weighted by Gasteiger charge is -2.30. The predicted octanol–water partition coefficient (Wildman–Crippen LogP) is 3.72. The first kappa shape index (κ1) is 23.1. The Balaban J connectivity index is 1.66. The molecule has 1 fully saturated rings. The Morgan fingerprint density at radius 3 is 2.76 bits per heavy atom. The maximum absolute atomic E-state index is 15.4. The van der Waals surface area contributed by atoms with E-state index in [1.54, 1.807) is 7.11 Å². The molecule has 0 amide bonds. The van der Waals surface area contributed by atoms with Gasteiger partial charge in [0, 0.05) is 25.3 Å². The average molecular weight is 474 g/mol. The van der Waals surface area contributed by atoms with Gasteiger partial charge in [0.05, 0.1) is 30.5 Å². The molecule has 3 atom stereocenters. The lowest BCUT2D eigenvalue weighted by Crippen LogP contribution is -2.42. The van der Waals surface area contributed by atoms with Gasteiger partial charge in [0.25, 0.3) is 0 Å². The Morgan fingerprint density at radius 2 is 2.03 bits per heavy atom. The number of ether oxygens (including phenoxy) is 2. The Hall–Kier alpha value is -2.69. The van der Waals surface area contributed by atoms with Crippen LogP contribution in [0.25, 0.3) is 22.3 Å². The van der Waals surface area contributed by atoms with E-state index < -0.39 is 23.3 Å². The molecule has 3 aromatic rings. The minimum Gasteiger partial charge on any atom is -0.389 e.